The Balaban J connectivity index is 1.58. The molecule has 6 heteroatoms. The number of hydrogen-bond acceptors (Lipinski definition) is 3. The number of amides is 1. The molecule has 1 aromatic carbocycles. The van der Waals surface area contributed by atoms with E-state index in [1.165, 1.54) is 5.69 Å². The molecular weight excluding hydrogens is 278 g/mol. The van der Waals surface area contributed by atoms with E-state index in [2.05, 4.69) is 34.1 Å². The quantitative estimate of drug-likeness (QED) is 0.725. The average molecular weight is 295 g/mol. The molecule has 0 bridgehead atoms. The number of rotatable bonds is 2. The molecular formula is C16H17N5O. The molecule has 0 saturated heterocycles. The lowest BCUT2D eigenvalue weighted by Crippen LogP contribution is -2.42. The molecule has 0 N–H and O–H groups in total. The number of carbonyl (C=O) groups is 1. The monoisotopic (exact) mass is 295 g/mol. The Labute approximate surface area is 127 Å². The number of fused-ring (bicyclic) bond motifs is 2. The summed E-state index contributed by atoms with van der Waals surface area (Å²) in [6, 6.07) is 11.9. The minimum Gasteiger partial charge on any atom is -0.348 e. The van der Waals surface area contributed by atoms with Crippen molar-refractivity contribution in [2.75, 3.05) is 6.54 Å². The molecule has 1 atom stereocenters. The second-order valence-corrected chi connectivity index (χ2v) is 5.63. The third-order valence-electron chi connectivity index (χ3n) is 4.37. The van der Waals surface area contributed by atoms with E-state index in [4.69, 9.17) is 0 Å². The van der Waals surface area contributed by atoms with Crippen molar-refractivity contribution in [2.45, 2.75) is 26.1 Å². The average Bonchev–Trinajstić information content (AvgIpc) is 3.15. The summed E-state index contributed by atoms with van der Waals surface area (Å²) in [5.74, 6) is 0.0793. The number of benzene rings is 1. The van der Waals surface area contributed by atoms with E-state index in [1.54, 1.807) is 4.68 Å². The van der Waals surface area contributed by atoms with Crippen molar-refractivity contribution in [1.29, 1.82) is 0 Å². The van der Waals surface area contributed by atoms with Crippen LogP contribution >= 0.6 is 0 Å². The van der Waals surface area contributed by atoms with E-state index >= 15 is 0 Å². The van der Waals surface area contributed by atoms with Crippen LogP contribution in [0.3, 0.4) is 0 Å². The van der Waals surface area contributed by atoms with Gasteiger partial charge in [-0.15, -0.1) is 5.10 Å². The van der Waals surface area contributed by atoms with Crippen molar-refractivity contribution in [3.63, 3.8) is 0 Å². The van der Waals surface area contributed by atoms with Gasteiger partial charge in [-0.3, -0.25) is 4.79 Å². The Morgan fingerprint density at radius 3 is 3.00 bits per heavy atom. The van der Waals surface area contributed by atoms with Gasteiger partial charge >= 0.3 is 0 Å². The topological polar surface area (TPSA) is 56.0 Å². The van der Waals surface area contributed by atoms with E-state index in [1.807, 2.05) is 35.2 Å². The van der Waals surface area contributed by atoms with Gasteiger partial charge in [0.1, 0.15) is 12.1 Å². The van der Waals surface area contributed by atoms with Crippen molar-refractivity contribution in [1.82, 2.24) is 24.5 Å². The van der Waals surface area contributed by atoms with Crippen LogP contribution in [0.15, 0.2) is 42.6 Å². The highest BCUT2D eigenvalue weighted by Gasteiger charge is 2.27. The van der Waals surface area contributed by atoms with Crippen LogP contribution in [0.4, 0.5) is 0 Å². The molecule has 0 saturated carbocycles. The smallest absolute Gasteiger partial charge is 0.245 e. The fraction of sp³-hybridized carbons (Fsp3) is 0.312. The lowest BCUT2D eigenvalue weighted by molar-refractivity contribution is -0.135. The number of aromatic nitrogens is 4. The summed E-state index contributed by atoms with van der Waals surface area (Å²) in [5, 5.41) is 8.21. The maximum atomic E-state index is 12.7. The molecule has 22 heavy (non-hydrogen) atoms. The molecule has 1 aliphatic heterocycles. The van der Waals surface area contributed by atoms with Crippen molar-refractivity contribution >= 4 is 16.9 Å². The molecule has 3 aromatic rings. The highest BCUT2D eigenvalue weighted by atomic mass is 16.2. The van der Waals surface area contributed by atoms with Crippen LogP contribution in [0, 0.1) is 0 Å². The van der Waals surface area contributed by atoms with Crippen LogP contribution in [-0.4, -0.2) is 36.9 Å². The first-order valence-corrected chi connectivity index (χ1v) is 7.47. The van der Waals surface area contributed by atoms with E-state index in [-0.39, 0.29) is 18.5 Å². The third kappa shape index (κ3) is 1.99. The molecule has 1 unspecified atom stereocenters. The first-order valence-electron chi connectivity index (χ1n) is 7.47. The van der Waals surface area contributed by atoms with E-state index < -0.39 is 0 Å². The van der Waals surface area contributed by atoms with Crippen molar-refractivity contribution in [2.24, 2.45) is 0 Å². The standard InChI is InChI=1S/C16H17N5O/c1-12-14-7-4-8-19(14)9-10-20(12)16(22)11-21-15-6-3-2-5-13(15)17-18-21/h2-8,12H,9-11H2,1H3. The first kappa shape index (κ1) is 13.1. The summed E-state index contributed by atoms with van der Waals surface area (Å²) in [5.41, 5.74) is 2.89. The Bertz CT molecular complexity index is 834. The summed E-state index contributed by atoms with van der Waals surface area (Å²) < 4.78 is 3.89. The molecule has 0 spiro atoms. The summed E-state index contributed by atoms with van der Waals surface area (Å²) in [6.07, 6.45) is 2.07. The van der Waals surface area contributed by atoms with Crippen LogP contribution in [0.25, 0.3) is 11.0 Å². The lowest BCUT2D eigenvalue weighted by atomic mass is 10.1. The van der Waals surface area contributed by atoms with Gasteiger partial charge < -0.3 is 9.47 Å². The molecule has 0 fully saturated rings. The molecule has 0 radical (unpaired) electrons. The fourth-order valence-corrected chi connectivity index (χ4v) is 3.17. The molecule has 4 rings (SSSR count). The van der Waals surface area contributed by atoms with Crippen LogP contribution in [0.5, 0.6) is 0 Å². The van der Waals surface area contributed by atoms with E-state index in [0.717, 1.165) is 24.1 Å². The maximum absolute atomic E-state index is 12.7. The van der Waals surface area contributed by atoms with Crippen LogP contribution in [0.1, 0.15) is 18.7 Å². The van der Waals surface area contributed by atoms with Gasteiger partial charge in [0.15, 0.2) is 0 Å². The van der Waals surface area contributed by atoms with E-state index in [9.17, 15) is 4.79 Å². The third-order valence-corrected chi connectivity index (χ3v) is 4.37. The van der Waals surface area contributed by atoms with Crippen LogP contribution in [0.2, 0.25) is 0 Å². The van der Waals surface area contributed by atoms with Crippen molar-refractivity contribution in [3.8, 4) is 0 Å². The van der Waals surface area contributed by atoms with Crippen LogP contribution < -0.4 is 0 Å². The van der Waals surface area contributed by atoms with Crippen LogP contribution in [-0.2, 0) is 17.9 Å². The summed E-state index contributed by atoms with van der Waals surface area (Å²) in [6.45, 7) is 3.87. The largest absolute Gasteiger partial charge is 0.348 e. The highest BCUT2D eigenvalue weighted by Crippen LogP contribution is 2.25. The second-order valence-electron chi connectivity index (χ2n) is 5.63. The summed E-state index contributed by atoms with van der Waals surface area (Å²) in [4.78, 5) is 14.6. The van der Waals surface area contributed by atoms with Gasteiger partial charge in [-0.2, -0.15) is 0 Å². The Hall–Kier alpha value is -2.63. The maximum Gasteiger partial charge on any atom is 0.245 e. The molecule has 0 aliphatic carbocycles. The highest BCUT2D eigenvalue weighted by molar-refractivity contribution is 5.80. The zero-order valence-corrected chi connectivity index (χ0v) is 12.4. The SMILES string of the molecule is CC1c2cccn2CCN1C(=O)Cn1nnc2ccccc21. The number of para-hydroxylation sites is 1. The number of carbonyl (C=O) groups excluding carboxylic acids is 1. The summed E-state index contributed by atoms with van der Waals surface area (Å²) >= 11 is 0. The molecule has 2 aromatic heterocycles. The summed E-state index contributed by atoms with van der Waals surface area (Å²) in [7, 11) is 0. The fourth-order valence-electron chi connectivity index (χ4n) is 3.17. The second kappa shape index (κ2) is 4.98. The van der Waals surface area contributed by atoms with Gasteiger partial charge in [0, 0.05) is 25.0 Å². The first-order chi connectivity index (χ1) is 10.7. The zero-order valence-electron chi connectivity index (χ0n) is 12.4. The lowest BCUT2D eigenvalue weighted by Gasteiger charge is -2.35. The Morgan fingerprint density at radius 2 is 2.09 bits per heavy atom. The zero-order chi connectivity index (χ0) is 15.1. The van der Waals surface area contributed by atoms with Gasteiger partial charge in [0.2, 0.25) is 5.91 Å². The Morgan fingerprint density at radius 1 is 1.23 bits per heavy atom. The van der Waals surface area contributed by atoms with Gasteiger partial charge in [-0.05, 0) is 31.2 Å². The van der Waals surface area contributed by atoms with Gasteiger partial charge in [0.05, 0.1) is 11.6 Å². The number of hydrogen-bond donors (Lipinski definition) is 0. The molecule has 1 amide bonds. The van der Waals surface area contributed by atoms with Crippen molar-refractivity contribution in [3.05, 3.63) is 48.3 Å². The van der Waals surface area contributed by atoms with Gasteiger partial charge in [-0.1, -0.05) is 17.3 Å². The normalized spacial score (nSPS) is 17.7. The molecule has 6 nitrogen and oxygen atoms in total. The number of nitrogens with zero attached hydrogens (tertiary/aromatic N) is 5. The predicted molar refractivity (Wildman–Crippen MR) is 82.1 cm³/mol. The molecule has 1 aliphatic rings. The van der Waals surface area contributed by atoms with Crippen molar-refractivity contribution < 1.29 is 4.79 Å². The molecule has 3 heterocycles. The van der Waals surface area contributed by atoms with Gasteiger partial charge in [0.25, 0.3) is 0 Å². The predicted octanol–water partition coefficient (Wildman–Crippen LogP) is 1.84. The minimum absolute atomic E-state index is 0.0793. The molecule has 112 valence electrons. The van der Waals surface area contributed by atoms with E-state index in [0.29, 0.717) is 0 Å². The minimum atomic E-state index is 0.0793. The van der Waals surface area contributed by atoms with Gasteiger partial charge in [-0.25, -0.2) is 4.68 Å². The Kier molecular flexibility index (Phi) is 2.96.